The Morgan fingerprint density at radius 2 is 2.10 bits per heavy atom. The van der Waals surface area contributed by atoms with E-state index in [1.54, 1.807) is 11.8 Å². The van der Waals surface area contributed by atoms with E-state index in [4.69, 9.17) is 0 Å². The van der Waals surface area contributed by atoms with Gasteiger partial charge in [-0.1, -0.05) is 18.2 Å². The minimum absolute atomic E-state index is 0. The second-order valence-corrected chi connectivity index (χ2v) is 5.17. The van der Waals surface area contributed by atoms with E-state index in [2.05, 4.69) is 10.6 Å². The van der Waals surface area contributed by atoms with Gasteiger partial charge < -0.3 is 5.32 Å². The molecule has 2 rings (SSSR count). The minimum Gasteiger partial charge on any atom is -0.351 e. The van der Waals surface area contributed by atoms with Crippen LogP contribution in [0.15, 0.2) is 24.3 Å². The average molecular weight is 327 g/mol. The molecule has 0 radical (unpaired) electrons. The highest BCUT2D eigenvalue weighted by Gasteiger charge is 2.33. The van der Waals surface area contributed by atoms with Crippen molar-refractivity contribution >= 4 is 30.1 Å². The molecule has 8 heteroatoms. The molecule has 20 heavy (non-hydrogen) atoms. The SMILES string of the molecule is Cl.O=C(NCc1ccccc1C(F)(F)F)C1CSCN1. The van der Waals surface area contributed by atoms with Crippen molar-refractivity contribution in [2.24, 2.45) is 0 Å². The summed E-state index contributed by atoms with van der Waals surface area (Å²) >= 11 is 1.59. The Labute approximate surface area is 125 Å². The molecular formula is C12H14ClF3N2OS. The van der Waals surface area contributed by atoms with Crippen molar-refractivity contribution in [2.75, 3.05) is 11.6 Å². The molecule has 1 heterocycles. The molecule has 1 aliphatic heterocycles. The van der Waals surface area contributed by atoms with Gasteiger partial charge in [0, 0.05) is 18.2 Å². The number of thioether (sulfide) groups is 1. The Hall–Kier alpha value is -0.920. The van der Waals surface area contributed by atoms with Crippen LogP contribution in [-0.2, 0) is 17.5 Å². The Morgan fingerprint density at radius 1 is 1.40 bits per heavy atom. The Kier molecular flexibility index (Phi) is 6.16. The lowest BCUT2D eigenvalue weighted by atomic mass is 10.1. The number of rotatable bonds is 3. The molecule has 0 bridgehead atoms. The van der Waals surface area contributed by atoms with Crippen molar-refractivity contribution in [2.45, 2.75) is 18.8 Å². The standard InChI is InChI=1S/C12H13F3N2OS.ClH/c13-12(14,15)9-4-2-1-3-8(9)5-16-11(18)10-6-19-7-17-10;/h1-4,10,17H,5-7H2,(H,16,18);1H. The largest absolute Gasteiger partial charge is 0.416 e. The molecule has 1 fully saturated rings. The molecule has 2 N–H and O–H groups in total. The van der Waals surface area contributed by atoms with Gasteiger partial charge in [-0.15, -0.1) is 24.2 Å². The first kappa shape index (κ1) is 17.1. The summed E-state index contributed by atoms with van der Waals surface area (Å²) in [5, 5.41) is 5.50. The summed E-state index contributed by atoms with van der Waals surface area (Å²) in [7, 11) is 0. The number of carbonyl (C=O) groups excluding carboxylic acids is 1. The number of alkyl halides is 3. The van der Waals surface area contributed by atoms with E-state index in [0.29, 0.717) is 11.6 Å². The van der Waals surface area contributed by atoms with E-state index in [9.17, 15) is 18.0 Å². The third-order valence-electron chi connectivity index (χ3n) is 2.81. The zero-order valence-electron chi connectivity index (χ0n) is 10.4. The summed E-state index contributed by atoms with van der Waals surface area (Å²) in [5.41, 5.74) is -0.627. The van der Waals surface area contributed by atoms with E-state index < -0.39 is 11.7 Å². The van der Waals surface area contributed by atoms with Crippen LogP contribution in [0.1, 0.15) is 11.1 Å². The molecule has 0 aromatic heterocycles. The van der Waals surface area contributed by atoms with Gasteiger partial charge in [-0.3, -0.25) is 10.1 Å². The molecule has 1 aliphatic rings. The first-order valence-electron chi connectivity index (χ1n) is 5.72. The lowest BCUT2D eigenvalue weighted by Gasteiger charge is -2.14. The summed E-state index contributed by atoms with van der Waals surface area (Å²) in [6.45, 7) is -0.114. The van der Waals surface area contributed by atoms with Gasteiger partial charge in [-0.25, -0.2) is 0 Å². The fourth-order valence-electron chi connectivity index (χ4n) is 1.82. The van der Waals surface area contributed by atoms with Crippen LogP contribution >= 0.6 is 24.2 Å². The van der Waals surface area contributed by atoms with E-state index in [0.717, 1.165) is 6.07 Å². The Morgan fingerprint density at radius 3 is 2.70 bits per heavy atom. The molecule has 1 unspecified atom stereocenters. The van der Waals surface area contributed by atoms with Crippen molar-refractivity contribution in [3.8, 4) is 0 Å². The Balaban J connectivity index is 0.00000200. The smallest absolute Gasteiger partial charge is 0.351 e. The predicted octanol–water partition coefficient (Wildman–Crippen LogP) is 2.41. The normalized spacial score (nSPS) is 18.4. The summed E-state index contributed by atoms with van der Waals surface area (Å²) in [6, 6.07) is 4.94. The zero-order valence-corrected chi connectivity index (χ0v) is 12.0. The monoisotopic (exact) mass is 326 g/mol. The van der Waals surface area contributed by atoms with Crippen LogP contribution in [0.25, 0.3) is 0 Å². The number of hydrogen-bond acceptors (Lipinski definition) is 3. The zero-order chi connectivity index (χ0) is 13.9. The predicted molar refractivity (Wildman–Crippen MR) is 74.8 cm³/mol. The molecule has 1 amide bonds. The Bertz CT molecular complexity index is 464. The quantitative estimate of drug-likeness (QED) is 0.896. The maximum atomic E-state index is 12.7. The topological polar surface area (TPSA) is 41.1 Å². The molecular weight excluding hydrogens is 313 g/mol. The van der Waals surface area contributed by atoms with Gasteiger partial charge >= 0.3 is 6.18 Å². The maximum Gasteiger partial charge on any atom is 0.416 e. The third kappa shape index (κ3) is 4.29. The summed E-state index contributed by atoms with van der Waals surface area (Å²) in [4.78, 5) is 11.7. The van der Waals surface area contributed by atoms with Crippen LogP contribution in [0.4, 0.5) is 13.2 Å². The van der Waals surface area contributed by atoms with Crippen molar-refractivity contribution < 1.29 is 18.0 Å². The van der Waals surface area contributed by atoms with Crippen molar-refractivity contribution in [1.82, 2.24) is 10.6 Å². The molecule has 0 aliphatic carbocycles. The molecule has 1 aromatic carbocycles. The number of benzene rings is 1. The van der Waals surface area contributed by atoms with Gasteiger partial charge in [-0.2, -0.15) is 13.2 Å². The fraction of sp³-hybridized carbons (Fsp3) is 0.417. The summed E-state index contributed by atoms with van der Waals surface area (Å²) < 4.78 is 38.2. The van der Waals surface area contributed by atoms with Gasteiger partial charge in [-0.05, 0) is 11.6 Å². The van der Waals surface area contributed by atoms with E-state index in [1.165, 1.54) is 18.2 Å². The van der Waals surface area contributed by atoms with Gasteiger partial charge in [0.05, 0.1) is 11.6 Å². The average Bonchev–Trinajstić information content (AvgIpc) is 2.89. The maximum absolute atomic E-state index is 12.7. The number of hydrogen-bond donors (Lipinski definition) is 2. The van der Waals surface area contributed by atoms with Crippen LogP contribution in [0.5, 0.6) is 0 Å². The first-order chi connectivity index (χ1) is 8.98. The summed E-state index contributed by atoms with van der Waals surface area (Å²) in [6.07, 6.45) is -4.40. The van der Waals surface area contributed by atoms with Crippen molar-refractivity contribution in [3.63, 3.8) is 0 Å². The molecule has 1 saturated heterocycles. The highest BCUT2D eigenvalue weighted by molar-refractivity contribution is 7.99. The van der Waals surface area contributed by atoms with Crippen molar-refractivity contribution in [3.05, 3.63) is 35.4 Å². The molecule has 0 spiro atoms. The number of carbonyl (C=O) groups is 1. The van der Waals surface area contributed by atoms with Crippen LogP contribution < -0.4 is 10.6 Å². The van der Waals surface area contributed by atoms with Crippen molar-refractivity contribution in [1.29, 1.82) is 0 Å². The number of amides is 1. The lowest BCUT2D eigenvalue weighted by Crippen LogP contribution is -2.41. The number of nitrogens with one attached hydrogen (secondary N) is 2. The fourth-order valence-corrected chi connectivity index (χ4v) is 2.76. The highest BCUT2D eigenvalue weighted by Crippen LogP contribution is 2.31. The number of halogens is 4. The van der Waals surface area contributed by atoms with Crippen LogP contribution in [-0.4, -0.2) is 23.6 Å². The summed E-state index contributed by atoms with van der Waals surface area (Å²) in [5.74, 6) is 1.08. The lowest BCUT2D eigenvalue weighted by molar-refractivity contribution is -0.138. The first-order valence-corrected chi connectivity index (χ1v) is 6.88. The van der Waals surface area contributed by atoms with Gasteiger partial charge in [0.15, 0.2) is 0 Å². The van der Waals surface area contributed by atoms with E-state index in [1.807, 2.05) is 0 Å². The second kappa shape index (κ2) is 7.19. The molecule has 112 valence electrons. The van der Waals surface area contributed by atoms with Crippen LogP contribution in [0.2, 0.25) is 0 Å². The minimum atomic E-state index is -4.40. The third-order valence-corrected chi connectivity index (χ3v) is 3.75. The van der Waals surface area contributed by atoms with E-state index in [-0.39, 0.29) is 36.5 Å². The van der Waals surface area contributed by atoms with E-state index >= 15 is 0 Å². The van der Waals surface area contributed by atoms with Gasteiger partial charge in [0.1, 0.15) is 0 Å². The van der Waals surface area contributed by atoms with Crippen LogP contribution in [0, 0.1) is 0 Å². The second-order valence-electron chi connectivity index (χ2n) is 4.14. The molecule has 0 saturated carbocycles. The highest BCUT2D eigenvalue weighted by atomic mass is 35.5. The van der Waals surface area contributed by atoms with Crippen LogP contribution in [0.3, 0.4) is 0 Å². The molecule has 1 atom stereocenters. The molecule has 1 aromatic rings. The van der Waals surface area contributed by atoms with Gasteiger partial charge in [0.25, 0.3) is 0 Å². The molecule has 3 nitrogen and oxygen atoms in total. The van der Waals surface area contributed by atoms with Gasteiger partial charge in [0.2, 0.25) is 5.91 Å².